The second kappa shape index (κ2) is 2.83. The number of hydrogen-bond acceptors (Lipinski definition) is 3. The molecule has 0 aromatic carbocycles. The van der Waals surface area contributed by atoms with Crippen LogP contribution in [0.15, 0.2) is 16.7 Å². The second-order valence-electron chi connectivity index (χ2n) is 3.54. The van der Waals surface area contributed by atoms with Crippen molar-refractivity contribution < 1.29 is 4.42 Å². The van der Waals surface area contributed by atoms with E-state index in [4.69, 9.17) is 4.42 Å². The molecule has 3 heteroatoms. The molecule has 0 unspecified atom stereocenters. The monoisotopic (exact) mass is 176 g/mol. The maximum absolute atomic E-state index is 5.46. The Bertz CT molecular complexity index is 431. The highest BCUT2D eigenvalue weighted by Gasteiger charge is 2.09. The van der Waals surface area contributed by atoms with Crippen LogP contribution in [0.4, 0.5) is 0 Å². The third-order valence-corrected chi connectivity index (χ3v) is 1.89. The van der Waals surface area contributed by atoms with E-state index in [0.717, 1.165) is 17.0 Å². The number of fused-ring (bicyclic) bond motifs is 1. The van der Waals surface area contributed by atoms with Gasteiger partial charge in [-0.1, -0.05) is 13.8 Å². The molecule has 0 amide bonds. The van der Waals surface area contributed by atoms with Crippen LogP contribution in [-0.2, 0) is 0 Å². The molecule has 3 nitrogen and oxygen atoms in total. The number of pyridine rings is 1. The average Bonchev–Trinajstić information content (AvgIpc) is 2.46. The Morgan fingerprint density at radius 2 is 2.15 bits per heavy atom. The molecule has 0 bridgehead atoms. The van der Waals surface area contributed by atoms with Gasteiger partial charge in [0.2, 0.25) is 5.71 Å². The Kier molecular flexibility index (Phi) is 1.79. The van der Waals surface area contributed by atoms with Gasteiger partial charge in [-0.2, -0.15) is 0 Å². The summed E-state index contributed by atoms with van der Waals surface area (Å²) < 4.78 is 5.46. The summed E-state index contributed by atoms with van der Waals surface area (Å²) in [6.45, 7) is 6.10. The van der Waals surface area contributed by atoms with Gasteiger partial charge in [0.15, 0.2) is 5.89 Å². The summed E-state index contributed by atoms with van der Waals surface area (Å²) in [4.78, 5) is 8.50. The van der Waals surface area contributed by atoms with Crippen LogP contribution in [0.25, 0.3) is 11.2 Å². The lowest BCUT2D eigenvalue weighted by Gasteiger charge is -1.93. The predicted molar refractivity (Wildman–Crippen MR) is 50.6 cm³/mol. The van der Waals surface area contributed by atoms with Crippen LogP contribution in [0.2, 0.25) is 0 Å². The van der Waals surface area contributed by atoms with Gasteiger partial charge in [0, 0.05) is 12.1 Å². The van der Waals surface area contributed by atoms with E-state index < -0.39 is 0 Å². The zero-order valence-electron chi connectivity index (χ0n) is 8.03. The first kappa shape index (κ1) is 8.23. The van der Waals surface area contributed by atoms with Gasteiger partial charge in [-0.3, -0.25) is 0 Å². The van der Waals surface area contributed by atoms with Gasteiger partial charge in [-0.25, -0.2) is 9.97 Å². The van der Waals surface area contributed by atoms with Gasteiger partial charge in [-0.05, 0) is 18.6 Å². The first-order chi connectivity index (χ1) is 6.16. The van der Waals surface area contributed by atoms with Gasteiger partial charge in [0.1, 0.15) is 5.52 Å². The second-order valence-corrected chi connectivity index (χ2v) is 3.54. The molecular weight excluding hydrogens is 164 g/mol. The zero-order chi connectivity index (χ0) is 9.42. The fraction of sp³-hybridized carbons (Fsp3) is 0.400. The van der Waals surface area contributed by atoms with Gasteiger partial charge in [0.05, 0.1) is 0 Å². The molecular formula is C10H12N2O. The molecule has 0 saturated carbocycles. The number of aromatic nitrogens is 2. The van der Waals surface area contributed by atoms with Crippen molar-refractivity contribution in [2.45, 2.75) is 26.7 Å². The van der Waals surface area contributed by atoms with E-state index in [9.17, 15) is 0 Å². The molecule has 0 spiro atoms. The minimum Gasteiger partial charge on any atom is -0.422 e. The van der Waals surface area contributed by atoms with E-state index in [1.54, 1.807) is 6.20 Å². The number of oxazole rings is 1. The van der Waals surface area contributed by atoms with Gasteiger partial charge in [-0.15, -0.1) is 0 Å². The molecule has 2 aromatic heterocycles. The molecule has 68 valence electrons. The van der Waals surface area contributed by atoms with Crippen LogP contribution in [0.1, 0.15) is 31.2 Å². The fourth-order valence-electron chi connectivity index (χ4n) is 1.19. The first-order valence-electron chi connectivity index (χ1n) is 4.40. The Morgan fingerprint density at radius 3 is 2.85 bits per heavy atom. The van der Waals surface area contributed by atoms with Crippen LogP contribution >= 0.6 is 0 Å². The highest BCUT2D eigenvalue weighted by atomic mass is 16.4. The van der Waals surface area contributed by atoms with Crippen molar-refractivity contribution in [2.75, 3.05) is 0 Å². The standard InChI is InChI=1S/C10H12N2O/c1-6(2)9-12-8-4-7(3)5-11-10(8)13-9/h4-6H,1-3H3. The molecule has 13 heavy (non-hydrogen) atoms. The van der Waals surface area contributed by atoms with E-state index in [-0.39, 0.29) is 0 Å². The molecule has 2 heterocycles. The molecule has 0 atom stereocenters. The molecule has 0 radical (unpaired) electrons. The van der Waals surface area contributed by atoms with Crippen molar-refractivity contribution in [3.8, 4) is 0 Å². The quantitative estimate of drug-likeness (QED) is 0.670. The highest BCUT2D eigenvalue weighted by molar-refractivity contribution is 5.68. The van der Waals surface area contributed by atoms with Crippen molar-refractivity contribution >= 4 is 11.2 Å². The average molecular weight is 176 g/mol. The third-order valence-electron chi connectivity index (χ3n) is 1.89. The lowest BCUT2D eigenvalue weighted by atomic mass is 10.2. The molecule has 0 N–H and O–H groups in total. The highest BCUT2D eigenvalue weighted by Crippen LogP contribution is 2.19. The minimum absolute atomic E-state index is 0.314. The number of rotatable bonds is 1. The van der Waals surface area contributed by atoms with E-state index >= 15 is 0 Å². The van der Waals surface area contributed by atoms with Gasteiger partial charge < -0.3 is 4.42 Å². The van der Waals surface area contributed by atoms with Crippen LogP contribution < -0.4 is 0 Å². The van der Waals surface area contributed by atoms with Crippen molar-refractivity contribution in [1.82, 2.24) is 9.97 Å². The van der Waals surface area contributed by atoms with E-state index in [1.165, 1.54) is 0 Å². The Hall–Kier alpha value is -1.38. The molecule has 2 rings (SSSR count). The molecule has 2 aromatic rings. The van der Waals surface area contributed by atoms with Crippen LogP contribution in [0.3, 0.4) is 0 Å². The molecule has 0 saturated heterocycles. The normalized spacial score (nSPS) is 11.4. The molecule has 0 aliphatic rings. The van der Waals surface area contributed by atoms with Gasteiger partial charge in [0.25, 0.3) is 0 Å². The summed E-state index contributed by atoms with van der Waals surface area (Å²) in [7, 11) is 0. The summed E-state index contributed by atoms with van der Waals surface area (Å²) in [5.41, 5.74) is 2.59. The Morgan fingerprint density at radius 1 is 1.38 bits per heavy atom. The SMILES string of the molecule is Cc1cnc2oc(C(C)C)nc2c1. The number of nitrogens with zero attached hydrogens (tertiary/aromatic N) is 2. The number of aryl methyl sites for hydroxylation is 1. The van der Waals surface area contributed by atoms with E-state index in [2.05, 4.69) is 23.8 Å². The van der Waals surface area contributed by atoms with E-state index in [1.807, 2.05) is 13.0 Å². The third kappa shape index (κ3) is 1.41. The predicted octanol–water partition coefficient (Wildman–Crippen LogP) is 2.65. The lowest BCUT2D eigenvalue weighted by molar-refractivity contribution is 0.494. The summed E-state index contributed by atoms with van der Waals surface area (Å²) in [6.07, 6.45) is 1.79. The zero-order valence-corrected chi connectivity index (χ0v) is 8.03. The first-order valence-corrected chi connectivity index (χ1v) is 4.40. The van der Waals surface area contributed by atoms with Crippen molar-refractivity contribution in [1.29, 1.82) is 0 Å². The van der Waals surface area contributed by atoms with Crippen molar-refractivity contribution in [2.24, 2.45) is 0 Å². The largest absolute Gasteiger partial charge is 0.422 e. The van der Waals surface area contributed by atoms with Crippen LogP contribution in [0, 0.1) is 6.92 Å². The Balaban J connectivity index is 2.62. The topological polar surface area (TPSA) is 38.9 Å². The fourth-order valence-corrected chi connectivity index (χ4v) is 1.19. The lowest BCUT2D eigenvalue weighted by Crippen LogP contribution is -1.84. The van der Waals surface area contributed by atoms with E-state index in [0.29, 0.717) is 11.6 Å². The summed E-state index contributed by atoms with van der Waals surface area (Å²) >= 11 is 0. The number of hydrogen-bond donors (Lipinski definition) is 0. The molecule has 0 aliphatic heterocycles. The molecule has 0 aliphatic carbocycles. The van der Waals surface area contributed by atoms with Gasteiger partial charge >= 0.3 is 0 Å². The maximum Gasteiger partial charge on any atom is 0.246 e. The summed E-state index contributed by atoms with van der Waals surface area (Å²) in [5, 5.41) is 0. The van der Waals surface area contributed by atoms with Crippen LogP contribution in [0.5, 0.6) is 0 Å². The summed E-state index contributed by atoms with van der Waals surface area (Å²) in [5.74, 6) is 1.07. The summed E-state index contributed by atoms with van der Waals surface area (Å²) in [6, 6.07) is 1.98. The molecule has 0 fully saturated rings. The van der Waals surface area contributed by atoms with Crippen molar-refractivity contribution in [3.63, 3.8) is 0 Å². The Labute approximate surface area is 76.8 Å². The van der Waals surface area contributed by atoms with Crippen LogP contribution in [-0.4, -0.2) is 9.97 Å². The van der Waals surface area contributed by atoms with Crippen molar-refractivity contribution in [3.05, 3.63) is 23.7 Å². The minimum atomic E-state index is 0.314. The smallest absolute Gasteiger partial charge is 0.246 e. The maximum atomic E-state index is 5.46.